The molecule has 0 spiro atoms. The molecule has 2 heterocycles. The van der Waals surface area contributed by atoms with Gasteiger partial charge in [-0.3, -0.25) is 15.2 Å². The Morgan fingerprint density at radius 1 is 1.20 bits per heavy atom. The van der Waals surface area contributed by atoms with E-state index in [1.54, 1.807) is 0 Å². The molecule has 0 saturated carbocycles. The first kappa shape index (κ1) is 14.3. The molecule has 2 rings (SSSR count). The lowest BCUT2D eigenvalue weighted by atomic mass is 10.4. The van der Waals surface area contributed by atoms with Gasteiger partial charge in [0.05, 0.1) is 6.20 Å². The molecule has 104 valence electrons. The summed E-state index contributed by atoms with van der Waals surface area (Å²) in [7, 11) is -4.02. The standard InChI is InChI=1S/C10H8ClN5O3S/c11-9-8(2-1-3-14-9)20(18,19)16-15-10(17)7-6-12-4-5-13-7/h1-6,16H,(H,15,17). The molecule has 0 atom stereocenters. The third-order valence-corrected chi connectivity index (χ3v) is 3.80. The minimum Gasteiger partial charge on any atom is -0.272 e. The largest absolute Gasteiger partial charge is 0.286 e. The van der Waals surface area contributed by atoms with E-state index in [1.165, 1.54) is 36.9 Å². The van der Waals surface area contributed by atoms with E-state index in [9.17, 15) is 13.2 Å². The fourth-order valence-electron chi connectivity index (χ4n) is 1.22. The Labute approximate surface area is 119 Å². The van der Waals surface area contributed by atoms with Gasteiger partial charge in [-0.1, -0.05) is 11.6 Å². The molecule has 0 aromatic carbocycles. The molecule has 0 aliphatic rings. The molecule has 0 saturated heterocycles. The van der Waals surface area contributed by atoms with Crippen molar-refractivity contribution < 1.29 is 13.2 Å². The highest BCUT2D eigenvalue weighted by Crippen LogP contribution is 2.16. The van der Waals surface area contributed by atoms with Gasteiger partial charge in [0, 0.05) is 18.6 Å². The molecule has 0 fully saturated rings. The smallest absolute Gasteiger partial charge is 0.272 e. The van der Waals surface area contributed by atoms with Crippen LogP contribution in [0.25, 0.3) is 0 Å². The van der Waals surface area contributed by atoms with Crippen LogP contribution in [-0.4, -0.2) is 29.3 Å². The SMILES string of the molecule is O=C(NNS(=O)(=O)c1cccnc1Cl)c1cnccn1. The van der Waals surface area contributed by atoms with E-state index in [2.05, 4.69) is 15.0 Å². The molecule has 2 aromatic heterocycles. The predicted octanol–water partition coefficient (Wildman–Crippen LogP) is 0.148. The summed E-state index contributed by atoms with van der Waals surface area (Å²) in [4.78, 5) is 24.3. The summed E-state index contributed by atoms with van der Waals surface area (Å²) >= 11 is 5.68. The van der Waals surface area contributed by atoms with Crippen molar-refractivity contribution in [1.82, 2.24) is 25.2 Å². The van der Waals surface area contributed by atoms with Crippen molar-refractivity contribution in [2.24, 2.45) is 0 Å². The fraction of sp³-hybridized carbons (Fsp3) is 0. The molecular weight excluding hydrogens is 306 g/mol. The summed E-state index contributed by atoms with van der Waals surface area (Å²) in [6.45, 7) is 0. The Morgan fingerprint density at radius 2 is 2.00 bits per heavy atom. The van der Waals surface area contributed by atoms with Crippen LogP contribution in [0.1, 0.15) is 10.5 Å². The summed E-state index contributed by atoms with van der Waals surface area (Å²) in [5, 5.41) is -0.200. The number of hydrogen-bond donors (Lipinski definition) is 2. The zero-order valence-corrected chi connectivity index (χ0v) is 11.4. The van der Waals surface area contributed by atoms with Crippen molar-refractivity contribution in [3.63, 3.8) is 0 Å². The molecule has 1 amide bonds. The fourth-order valence-corrected chi connectivity index (χ4v) is 2.51. The minimum absolute atomic E-state index is 0.0347. The number of hydrazine groups is 1. The van der Waals surface area contributed by atoms with Gasteiger partial charge in [-0.2, -0.15) is 0 Å². The van der Waals surface area contributed by atoms with Crippen molar-refractivity contribution >= 4 is 27.5 Å². The van der Waals surface area contributed by atoms with Gasteiger partial charge in [0.15, 0.2) is 0 Å². The van der Waals surface area contributed by atoms with Crippen LogP contribution >= 0.6 is 11.6 Å². The number of pyridine rings is 1. The van der Waals surface area contributed by atoms with Crippen LogP contribution in [0.15, 0.2) is 41.8 Å². The molecule has 0 unspecified atom stereocenters. The van der Waals surface area contributed by atoms with Gasteiger partial charge in [0.25, 0.3) is 15.9 Å². The Hall–Kier alpha value is -2.10. The number of amides is 1. The number of rotatable bonds is 4. The van der Waals surface area contributed by atoms with E-state index in [0.29, 0.717) is 0 Å². The van der Waals surface area contributed by atoms with Crippen LogP contribution < -0.4 is 10.3 Å². The van der Waals surface area contributed by atoms with Crippen molar-refractivity contribution in [2.45, 2.75) is 4.90 Å². The molecule has 0 bridgehead atoms. The Bertz CT molecular complexity index is 723. The zero-order valence-electron chi connectivity index (χ0n) is 9.82. The molecule has 0 radical (unpaired) electrons. The molecule has 0 aliphatic heterocycles. The van der Waals surface area contributed by atoms with Crippen molar-refractivity contribution in [3.05, 3.63) is 47.8 Å². The third kappa shape index (κ3) is 3.26. The van der Waals surface area contributed by atoms with Crippen LogP contribution in [0.2, 0.25) is 5.15 Å². The summed E-state index contributed by atoms with van der Waals surface area (Å²) in [5.41, 5.74) is 1.96. The highest BCUT2D eigenvalue weighted by atomic mass is 35.5. The Kier molecular flexibility index (Phi) is 4.23. The first-order valence-electron chi connectivity index (χ1n) is 5.19. The van der Waals surface area contributed by atoms with E-state index >= 15 is 0 Å². The minimum atomic E-state index is -4.02. The molecule has 2 aromatic rings. The number of sulfonamides is 1. The maximum absolute atomic E-state index is 11.9. The van der Waals surface area contributed by atoms with Crippen LogP contribution in [0.4, 0.5) is 0 Å². The van der Waals surface area contributed by atoms with E-state index in [-0.39, 0.29) is 15.7 Å². The van der Waals surface area contributed by atoms with Gasteiger partial charge >= 0.3 is 0 Å². The lowest BCUT2D eigenvalue weighted by Gasteiger charge is -2.08. The quantitative estimate of drug-likeness (QED) is 0.613. The lowest BCUT2D eigenvalue weighted by molar-refractivity contribution is 0.0939. The summed E-state index contributed by atoms with van der Waals surface area (Å²) in [6, 6.07) is 2.66. The van der Waals surface area contributed by atoms with Crippen molar-refractivity contribution in [1.29, 1.82) is 0 Å². The number of aromatic nitrogens is 3. The van der Waals surface area contributed by atoms with E-state index in [4.69, 9.17) is 11.6 Å². The topological polar surface area (TPSA) is 114 Å². The second kappa shape index (κ2) is 5.90. The summed E-state index contributed by atoms with van der Waals surface area (Å²) in [6.07, 6.45) is 5.23. The number of halogens is 1. The van der Waals surface area contributed by atoms with E-state index < -0.39 is 15.9 Å². The zero-order chi connectivity index (χ0) is 14.6. The first-order valence-corrected chi connectivity index (χ1v) is 7.05. The highest BCUT2D eigenvalue weighted by molar-refractivity contribution is 7.89. The third-order valence-electron chi connectivity index (χ3n) is 2.11. The number of nitrogens with one attached hydrogen (secondary N) is 2. The first-order chi connectivity index (χ1) is 9.50. The van der Waals surface area contributed by atoms with Gasteiger partial charge in [-0.15, -0.1) is 4.83 Å². The normalized spacial score (nSPS) is 11.1. The molecule has 20 heavy (non-hydrogen) atoms. The Balaban J connectivity index is 2.11. The van der Waals surface area contributed by atoms with Gasteiger partial charge in [0.2, 0.25) is 0 Å². The molecule has 10 heteroatoms. The van der Waals surface area contributed by atoms with E-state index in [1.807, 2.05) is 10.3 Å². The van der Waals surface area contributed by atoms with Gasteiger partial charge in [0.1, 0.15) is 15.7 Å². The predicted molar refractivity (Wildman–Crippen MR) is 69.1 cm³/mol. The number of carbonyl (C=O) groups excluding carboxylic acids is 1. The molecular formula is C10H8ClN5O3S. The average molecular weight is 314 g/mol. The number of carbonyl (C=O) groups is 1. The molecule has 0 aliphatic carbocycles. The van der Waals surface area contributed by atoms with Crippen molar-refractivity contribution in [3.8, 4) is 0 Å². The van der Waals surface area contributed by atoms with Gasteiger partial charge in [-0.25, -0.2) is 18.4 Å². The Morgan fingerprint density at radius 3 is 2.65 bits per heavy atom. The average Bonchev–Trinajstić information content (AvgIpc) is 2.46. The summed E-state index contributed by atoms with van der Waals surface area (Å²) < 4.78 is 23.8. The molecule has 2 N–H and O–H groups in total. The maximum atomic E-state index is 11.9. The van der Waals surface area contributed by atoms with Crippen LogP contribution in [-0.2, 0) is 10.0 Å². The van der Waals surface area contributed by atoms with Gasteiger partial charge < -0.3 is 0 Å². The number of nitrogens with zero attached hydrogens (tertiary/aromatic N) is 3. The number of hydrogen-bond acceptors (Lipinski definition) is 6. The monoisotopic (exact) mass is 313 g/mol. The van der Waals surface area contributed by atoms with Crippen LogP contribution in [0.5, 0.6) is 0 Å². The second-order valence-electron chi connectivity index (χ2n) is 3.44. The maximum Gasteiger partial charge on any atom is 0.286 e. The highest BCUT2D eigenvalue weighted by Gasteiger charge is 2.19. The van der Waals surface area contributed by atoms with Crippen LogP contribution in [0, 0.1) is 0 Å². The van der Waals surface area contributed by atoms with E-state index in [0.717, 1.165) is 0 Å². The molecule has 8 nitrogen and oxygen atoms in total. The summed E-state index contributed by atoms with van der Waals surface area (Å²) in [5.74, 6) is -0.748. The van der Waals surface area contributed by atoms with Gasteiger partial charge in [-0.05, 0) is 12.1 Å². The second-order valence-corrected chi connectivity index (χ2v) is 5.45. The lowest BCUT2D eigenvalue weighted by Crippen LogP contribution is -2.42. The van der Waals surface area contributed by atoms with Crippen molar-refractivity contribution in [2.75, 3.05) is 0 Å². The van der Waals surface area contributed by atoms with Crippen LogP contribution in [0.3, 0.4) is 0 Å².